The summed E-state index contributed by atoms with van der Waals surface area (Å²) in [7, 11) is 1.52. The van der Waals surface area contributed by atoms with Crippen LogP contribution in [0.4, 0.5) is 5.95 Å². The van der Waals surface area contributed by atoms with Gasteiger partial charge in [-0.15, -0.1) is 0 Å². The fraction of sp³-hybridized carbons (Fsp3) is 0.263. The number of hydrogen-bond donors (Lipinski definition) is 3. The predicted octanol–water partition coefficient (Wildman–Crippen LogP) is 1.31. The van der Waals surface area contributed by atoms with Gasteiger partial charge in [-0.1, -0.05) is 36.4 Å². The van der Waals surface area contributed by atoms with Crippen molar-refractivity contribution in [1.29, 1.82) is 0 Å². The van der Waals surface area contributed by atoms with Crippen molar-refractivity contribution >= 4 is 28.9 Å². The minimum atomic E-state index is -0.724. The molecule has 0 aliphatic heterocycles. The average Bonchev–Trinajstić information content (AvgIpc) is 3.02. The molecule has 9 heteroatoms. The van der Waals surface area contributed by atoms with Gasteiger partial charge in [-0.3, -0.25) is 14.3 Å². The molecule has 9 nitrogen and oxygen atoms in total. The number of hydrogen-bond acceptors (Lipinski definition) is 6. The van der Waals surface area contributed by atoms with Crippen molar-refractivity contribution in [3.05, 3.63) is 62.8 Å². The zero-order valence-electron chi connectivity index (χ0n) is 15.9. The van der Waals surface area contributed by atoms with Crippen LogP contribution in [-0.4, -0.2) is 36.0 Å². The highest BCUT2D eigenvalue weighted by molar-refractivity contribution is 5.96. The third-order valence-corrected chi connectivity index (χ3v) is 4.10. The molecular weight excluding hydrogens is 360 g/mol. The van der Waals surface area contributed by atoms with Crippen molar-refractivity contribution in [3.63, 3.8) is 0 Å². The Morgan fingerprint density at radius 1 is 1.36 bits per heavy atom. The van der Waals surface area contributed by atoms with Gasteiger partial charge in [0.15, 0.2) is 11.2 Å². The zero-order chi connectivity index (χ0) is 20.3. The number of allylic oxidation sites excluding steroid dienone is 1. The van der Waals surface area contributed by atoms with Crippen LogP contribution >= 0.6 is 0 Å². The molecule has 2 heterocycles. The molecule has 1 unspecified atom stereocenters. The number of benzene rings is 1. The van der Waals surface area contributed by atoms with E-state index in [4.69, 9.17) is 0 Å². The normalized spacial score (nSPS) is 13.4. The average molecular weight is 382 g/mol. The first kappa shape index (κ1) is 19.3. The smallest absolute Gasteiger partial charge is 0.329 e. The molecule has 3 aromatic rings. The van der Waals surface area contributed by atoms with Gasteiger partial charge in [0, 0.05) is 7.05 Å². The minimum Gasteiger partial charge on any atom is -0.392 e. The van der Waals surface area contributed by atoms with Crippen molar-refractivity contribution in [2.24, 2.45) is 12.1 Å². The second kappa shape index (κ2) is 8.05. The Morgan fingerprint density at radius 2 is 2.07 bits per heavy atom. The number of anilines is 1. The number of nitrogens with zero attached hydrogens (tertiary/aromatic N) is 4. The first-order valence-electron chi connectivity index (χ1n) is 8.78. The van der Waals surface area contributed by atoms with Crippen LogP contribution in [0.15, 0.2) is 51.1 Å². The Morgan fingerprint density at radius 3 is 2.75 bits per heavy atom. The summed E-state index contributed by atoms with van der Waals surface area (Å²) in [5.41, 5.74) is 3.83. The van der Waals surface area contributed by atoms with Crippen LogP contribution in [0.25, 0.3) is 17.2 Å². The summed E-state index contributed by atoms with van der Waals surface area (Å²) in [5, 5.41) is 14.1. The van der Waals surface area contributed by atoms with E-state index in [1.807, 2.05) is 49.4 Å². The van der Waals surface area contributed by atoms with Gasteiger partial charge in [0.25, 0.3) is 5.56 Å². The van der Waals surface area contributed by atoms with Crippen molar-refractivity contribution in [1.82, 2.24) is 19.1 Å². The van der Waals surface area contributed by atoms with Crippen LogP contribution in [0.1, 0.15) is 19.4 Å². The first-order valence-corrected chi connectivity index (χ1v) is 8.78. The maximum atomic E-state index is 12.3. The van der Waals surface area contributed by atoms with Crippen molar-refractivity contribution < 1.29 is 5.11 Å². The Balaban J connectivity index is 1.97. The van der Waals surface area contributed by atoms with Gasteiger partial charge >= 0.3 is 5.69 Å². The van der Waals surface area contributed by atoms with Crippen LogP contribution < -0.4 is 16.7 Å². The van der Waals surface area contributed by atoms with E-state index in [1.54, 1.807) is 6.92 Å². The molecule has 0 fully saturated rings. The third-order valence-electron chi connectivity index (χ3n) is 4.10. The van der Waals surface area contributed by atoms with Gasteiger partial charge in [-0.25, -0.2) is 10.2 Å². The molecule has 1 atom stereocenters. The molecular formula is C19H22N6O3. The summed E-state index contributed by atoms with van der Waals surface area (Å²) in [5.74, 6) is 0.259. The van der Waals surface area contributed by atoms with Crippen LogP contribution in [0, 0.1) is 0 Å². The van der Waals surface area contributed by atoms with Gasteiger partial charge in [0.05, 0.1) is 18.4 Å². The number of aliphatic hydroxyl groups is 1. The quantitative estimate of drug-likeness (QED) is 0.439. The summed E-state index contributed by atoms with van der Waals surface area (Å²) < 4.78 is 2.75. The highest BCUT2D eigenvalue weighted by Crippen LogP contribution is 2.16. The summed E-state index contributed by atoms with van der Waals surface area (Å²) in [6.07, 6.45) is 3.04. The first-order chi connectivity index (χ1) is 13.4. The van der Waals surface area contributed by atoms with E-state index in [0.29, 0.717) is 5.71 Å². The summed E-state index contributed by atoms with van der Waals surface area (Å²) >= 11 is 0. The Labute approximate surface area is 160 Å². The maximum Gasteiger partial charge on any atom is 0.329 e. The van der Waals surface area contributed by atoms with Crippen LogP contribution in [0.5, 0.6) is 0 Å². The number of fused-ring (bicyclic) bond motifs is 1. The number of hydrazone groups is 1. The van der Waals surface area contributed by atoms with E-state index in [0.717, 1.165) is 5.56 Å². The van der Waals surface area contributed by atoms with Gasteiger partial charge < -0.3 is 9.67 Å². The molecule has 28 heavy (non-hydrogen) atoms. The monoisotopic (exact) mass is 382 g/mol. The van der Waals surface area contributed by atoms with Crippen molar-refractivity contribution in [2.45, 2.75) is 26.5 Å². The summed E-state index contributed by atoms with van der Waals surface area (Å²) in [6, 6.07) is 9.80. The SMILES string of the molecule is CC(/C=C/c1ccccc1)=N/Nc1nc2c(c(=O)[nH]c(=O)n2C)n1CC(C)O. The van der Waals surface area contributed by atoms with Crippen LogP contribution in [0.3, 0.4) is 0 Å². The fourth-order valence-electron chi connectivity index (χ4n) is 2.72. The van der Waals surface area contributed by atoms with E-state index in [1.165, 1.54) is 16.2 Å². The topological polar surface area (TPSA) is 117 Å². The predicted molar refractivity (Wildman–Crippen MR) is 109 cm³/mol. The third kappa shape index (κ3) is 4.09. The number of aliphatic hydroxyl groups excluding tert-OH is 1. The zero-order valence-corrected chi connectivity index (χ0v) is 15.9. The Bertz CT molecular complexity index is 1150. The standard InChI is InChI=1S/C19H22N6O3/c1-12(9-10-14-7-5-4-6-8-14)22-23-18-20-16-15(25(18)11-13(2)26)17(27)21-19(28)24(16)3/h4-10,13,26H,11H2,1-3H3,(H,20,23)(H,21,27,28)/b10-9+,22-12-. The van der Waals surface area contributed by atoms with E-state index in [2.05, 4.69) is 20.5 Å². The molecule has 3 N–H and O–H groups in total. The lowest BCUT2D eigenvalue weighted by atomic mass is 10.2. The molecule has 0 spiro atoms. The molecule has 3 rings (SSSR count). The number of imidazole rings is 1. The second-order valence-electron chi connectivity index (χ2n) is 6.49. The maximum absolute atomic E-state index is 12.3. The van der Waals surface area contributed by atoms with E-state index in [9.17, 15) is 14.7 Å². The minimum absolute atomic E-state index is 0.120. The van der Waals surface area contributed by atoms with Gasteiger partial charge in [0.1, 0.15) is 0 Å². The number of aromatic amines is 1. The Kier molecular flexibility index (Phi) is 5.55. The molecule has 0 aliphatic rings. The molecule has 146 valence electrons. The number of rotatable bonds is 6. The molecule has 0 saturated heterocycles. The number of nitrogens with one attached hydrogen (secondary N) is 2. The molecule has 0 amide bonds. The van der Waals surface area contributed by atoms with Gasteiger partial charge in [-0.05, 0) is 25.5 Å². The van der Waals surface area contributed by atoms with Gasteiger partial charge in [-0.2, -0.15) is 10.1 Å². The van der Waals surface area contributed by atoms with Gasteiger partial charge in [0.2, 0.25) is 5.95 Å². The summed E-state index contributed by atoms with van der Waals surface area (Å²) in [6.45, 7) is 3.54. The molecule has 0 radical (unpaired) electrons. The highest BCUT2D eigenvalue weighted by Gasteiger charge is 2.18. The largest absolute Gasteiger partial charge is 0.392 e. The van der Waals surface area contributed by atoms with E-state index < -0.39 is 17.4 Å². The van der Waals surface area contributed by atoms with Crippen molar-refractivity contribution in [3.8, 4) is 0 Å². The lowest BCUT2D eigenvalue weighted by Gasteiger charge is -2.10. The fourth-order valence-corrected chi connectivity index (χ4v) is 2.72. The number of aromatic nitrogens is 4. The lowest BCUT2D eigenvalue weighted by molar-refractivity contribution is 0.175. The molecule has 0 aliphatic carbocycles. The molecule has 0 saturated carbocycles. The lowest BCUT2D eigenvalue weighted by Crippen LogP contribution is -2.29. The van der Waals surface area contributed by atoms with Crippen LogP contribution in [0.2, 0.25) is 0 Å². The molecule has 1 aromatic carbocycles. The van der Waals surface area contributed by atoms with Crippen molar-refractivity contribution in [2.75, 3.05) is 5.43 Å². The second-order valence-corrected chi connectivity index (χ2v) is 6.49. The molecule has 0 bridgehead atoms. The summed E-state index contributed by atoms with van der Waals surface area (Å²) in [4.78, 5) is 30.7. The number of H-pyrrole nitrogens is 1. The van der Waals surface area contributed by atoms with E-state index in [-0.39, 0.29) is 23.7 Å². The Hall–Kier alpha value is -3.46. The number of aryl methyl sites for hydroxylation is 1. The molecule has 2 aromatic heterocycles. The van der Waals surface area contributed by atoms with Crippen LogP contribution in [-0.2, 0) is 13.6 Å². The van der Waals surface area contributed by atoms with E-state index >= 15 is 0 Å². The highest BCUT2D eigenvalue weighted by atomic mass is 16.3.